The first-order valence-corrected chi connectivity index (χ1v) is 8.18. The molecule has 2 atom stereocenters. The van der Waals surface area contributed by atoms with Crippen LogP contribution in [0.25, 0.3) is 0 Å². The normalized spacial score (nSPS) is 25.9. The lowest BCUT2D eigenvalue weighted by Crippen LogP contribution is -2.41. The Labute approximate surface area is 132 Å². The maximum atomic E-state index is 10.4. The molecule has 1 aromatic heterocycles. The van der Waals surface area contributed by atoms with E-state index in [9.17, 15) is 10.4 Å². The van der Waals surface area contributed by atoms with Gasteiger partial charge in [0.25, 0.3) is 0 Å². The Morgan fingerprint density at radius 2 is 2.00 bits per heavy atom. The van der Waals surface area contributed by atoms with E-state index in [-0.39, 0.29) is 12.1 Å². The van der Waals surface area contributed by atoms with Crippen molar-refractivity contribution in [2.75, 3.05) is 31.1 Å². The lowest BCUT2D eigenvalue weighted by molar-refractivity contribution is 0.0986. The first-order chi connectivity index (χ1) is 10.6. The Morgan fingerprint density at radius 1 is 1.27 bits per heavy atom. The molecule has 0 amide bonds. The molecule has 3 heterocycles. The molecule has 1 aromatic rings. The molecular weight excluding hydrogens is 276 g/mol. The minimum absolute atomic E-state index is 0.165. The topological polar surface area (TPSA) is 63.4 Å². The van der Waals surface area contributed by atoms with Crippen molar-refractivity contribution >= 4 is 5.82 Å². The van der Waals surface area contributed by atoms with Crippen molar-refractivity contribution in [3.63, 3.8) is 0 Å². The van der Waals surface area contributed by atoms with Crippen molar-refractivity contribution in [2.24, 2.45) is 0 Å². The van der Waals surface area contributed by atoms with E-state index in [1.165, 1.54) is 12.8 Å². The van der Waals surface area contributed by atoms with Gasteiger partial charge in [-0.05, 0) is 44.0 Å². The zero-order valence-corrected chi connectivity index (χ0v) is 13.4. The van der Waals surface area contributed by atoms with Crippen molar-refractivity contribution < 1.29 is 5.11 Å². The molecule has 0 aromatic carbocycles. The standard InChI is InChI=1S/C17H24N4O/c1-12(2)14-6-5-13(9-18)17(19-14)21-10-15(16(22)11-21)20-7-3-4-8-20/h5-6,12,15-16,22H,3-4,7-8,10-11H2,1-2H3/t15-,16-/m0/s1. The average molecular weight is 300 g/mol. The molecule has 2 aliphatic rings. The second-order valence-electron chi connectivity index (χ2n) is 6.66. The van der Waals surface area contributed by atoms with Gasteiger partial charge in [0.15, 0.2) is 0 Å². The lowest BCUT2D eigenvalue weighted by atomic mass is 10.1. The Kier molecular flexibility index (Phi) is 4.32. The Balaban J connectivity index is 1.85. The highest BCUT2D eigenvalue weighted by Gasteiger charge is 2.37. The van der Waals surface area contributed by atoms with Crippen LogP contribution in [0.3, 0.4) is 0 Å². The van der Waals surface area contributed by atoms with Gasteiger partial charge < -0.3 is 10.0 Å². The van der Waals surface area contributed by atoms with Gasteiger partial charge in [-0.1, -0.05) is 13.8 Å². The van der Waals surface area contributed by atoms with Crippen LogP contribution in [0.15, 0.2) is 12.1 Å². The molecule has 0 radical (unpaired) electrons. The van der Waals surface area contributed by atoms with Gasteiger partial charge in [-0.3, -0.25) is 4.90 Å². The summed E-state index contributed by atoms with van der Waals surface area (Å²) in [4.78, 5) is 9.15. The molecule has 0 unspecified atom stereocenters. The Bertz CT molecular complexity index is 575. The second kappa shape index (κ2) is 6.23. The summed E-state index contributed by atoms with van der Waals surface area (Å²) in [5.74, 6) is 1.06. The fourth-order valence-electron chi connectivity index (χ4n) is 3.49. The summed E-state index contributed by atoms with van der Waals surface area (Å²) in [6.45, 7) is 7.66. The second-order valence-corrected chi connectivity index (χ2v) is 6.66. The summed E-state index contributed by atoms with van der Waals surface area (Å²) in [6, 6.07) is 6.19. The number of hydrogen-bond donors (Lipinski definition) is 1. The third-order valence-corrected chi connectivity index (χ3v) is 4.78. The first kappa shape index (κ1) is 15.3. The molecule has 2 saturated heterocycles. The number of rotatable bonds is 3. The molecule has 22 heavy (non-hydrogen) atoms. The van der Waals surface area contributed by atoms with Gasteiger partial charge in [-0.2, -0.15) is 5.26 Å². The lowest BCUT2D eigenvalue weighted by Gasteiger charge is -2.25. The van der Waals surface area contributed by atoms with Crippen molar-refractivity contribution in [3.05, 3.63) is 23.4 Å². The fourth-order valence-corrected chi connectivity index (χ4v) is 3.49. The summed E-state index contributed by atoms with van der Waals surface area (Å²) in [5, 5.41) is 19.8. The van der Waals surface area contributed by atoms with Gasteiger partial charge in [0, 0.05) is 18.8 Å². The van der Waals surface area contributed by atoms with Crippen molar-refractivity contribution in [1.29, 1.82) is 5.26 Å². The van der Waals surface area contributed by atoms with Gasteiger partial charge in [-0.15, -0.1) is 0 Å². The van der Waals surface area contributed by atoms with E-state index < -0.39 is 0 Å². The van der Waals surface area contributed by atoms with Crippen LogP contribution in [0.4, 0.5) is 5.82 Å². The SMILES string of the molecule is CC(C)c1ccc(C#N)c(N2C[C@H](O)[C@@H](N3CCCC3)C2)n1. The summed E-state index contributed by atoms with van der Waals surface area (Å²) >= 11 is 0. The molecule has 2 fully saturated rings. The quantitative estimate of drug-likeness (QED) is 0.921. The van der Waals surface area contributed by atoms with Crippen molar-refractivity contribution in [3.8, 4) is 6.07 Å². The van der Waals surface area contributed by atoms with E-state index in [1.54, 1.807) is 0 Å². The van der Waals surface area contributed by atoms with Crippen LogP contribution in [-0.2, 0) is 0 Å². The molecule has 3 rings (SSSR count). The molecule has 5 heteroatoms. The number of hydrogen-bond acceptors (Lipinski definition) is 5. The van der Waals surface area contributed by atoms with Gasteiger partial charge >= 0.3 is 0 Å². The molecule has 1 N–H and O–H groups in total. The molecule has 2 aliphatic heterocycles. The zero-order chi connectivity index (χ0) is 15.7. The van der Waals surface area contributed by atoms with E-state index >= 15 is 0 Å². The predicted molar refractivity (Wildman–Crippen MR) is 85.9 cm³/mol. The fraction of sp³-hybridized carbons (Fsp3) is 0.647. The van der Waals surface area contributed by atoms with Gasteiger partial charge in [-0.25, -0.2) is 4.98 Å². The smallest absolute Gasteiger partial charge is 0.146 e. The number of aliphatic hydroxyl groups is 1. The molecule has 118 valence electrons. The number of nitriles is 1. The van der Waals surface area contributed by atoms with Crippen LogP contribution in [0.5, 0.6) is 0 Å². The summed E-state index contributed by atoms with van der Waals surface area (Å²) < 4.78 is 0. The molecular formula is C17H24N4O. The number of pyridine rings is 1. The van der Waals surface area contributed by atoms with Gasteiger partial charge in [0.2, 0.25) is 0 Å². The van der Waals surface area contributed by atoms with Crippen LogP contribution in [0, 0.1) is 11.3 Å². The largest absolute Gasteiger partial charge is 0.390 e. The maximum Gasteiger partial charge on any atom is 0.146 e. The van der Waals surface area contributed by atoms with Gasteiger partial charge in [0.05, 0.1) is 17.7 Å². The van der Waals surface area contributed by atoms with E-state index in [0.717, 1.165) is 31.1 Å². The molecule has 5 nitrogen and oxygen atoms in total. The molecule has 0 spiro atoms. The summed E-state index contributed by atoms with van der Waals surface area (Å²) in [7, 11) is 0. The van der Waals surface area contributed by atoms with E-state index in [0.29, 0.717) is 18.0 Å². The first-order valence-electron chi connectivity index (χ1n) is 8.18. The van der Waals surface area contributed by atoms with Crippen LogP contribution in [0.1, 0.15) is 43.9 Å². The van der Waals surface area contributed by atoms with E-state index in [1.807, 2.05) is 12.1 Å². The third kappa shape index (κ3) is 2.81. The van der Waals surface area contributed by atoms with Gasteiger partial charge in [0.1, 0.15) is 11.9 Å². The van der Waals surface area contributed by atoms with Crippen LogP contribution >= 0.6 is 0 Å². The molecule has 0 saturated carbocycles. The Morgan fingerprint density at radius 3 is 2.64 bits per heavy atom. The van der Waals surface area contributed by atoms with Crippen LogP contribution in [-0.4, -0.2) is 53.3 Å². The monoisotopic (exact) mass is 300 g/mol. The number of likely N-dealkylation sites (tertiary alicyclic amines) is 1. The number of nitrogens with zero attached hydrogens (tertiary/aromatic N) is 4. The molecule has 0 aliphatic carbocycles. The average Bonchev–Trinajstić information content (AvgIpc) is 3.15. The van der Waals surface area contributed by atoms with E-state index in [2.05, 4.69) is 29.7 Å². The number of anilines is 1. The van der Waals surface area contributed by atoms with Crippen molar-refractivity contribution in [1.82, 2.24) is 9.88 Å². The Hall–Kier alpha value is -1.64. The minimum atomic E-state index is -0.367. The van der Waals surface area contributed by atoms with Crippen LogP contribution < -0.4 is 4.90 Å². The van der Waals surface area contributed by atoms with Crippen molar-refractivity contribution in [2.45, 2.75) is 44.8 Å². The number of aliphatic hydroxyl groups excluding tert-OH is 1. The number of β-amino-alcohol motifs (C(OH)–C–C–N with tert-alkyl or cyclic N) is 1. The van der Waals surface area contributed by atoms with Crippen LogP contribution in [0.2, 0.25) is 0 Å². The summed E-state index contributed by atoms with van der Waals surface area (Å²) in [5.41, 5.74) is 1.59. The summed E-state index contributed by atoms with van der Waals surface area (Å²) in [6.07, 6.45) is 2.07. The third-order valence-electron chi connectivity index (χ3n) is 4.78. The minimum Gasteiger partial charge on any atom is -0.390 e. The van der Waals surface area contributed by atoms with E-state index in [4.69, 9.17) is 4.98 Å². The number of aromatic nitrogens is 1. The molecule has 0 bridgehead atoms. The zero-order valence-electron chi connectivity index (χ0n) is 13.4. The highest BCUT2D eigenvalue weighted by molar-refractivity contribution is 5.55. The highest BCUT2D eigenvalue weighted by atomic mass is 16.3. The maximum absolute atomic E-state index is 10.4. The highest BCUT2D eigenvalue weighted by Crippen LogP contribution is 2.28. The predicted octanol–water partition coefficient (Wildman–Crippen LogP) is 1.72.